The van der Waals surface area contributed by atoms with Crippen molar-refractivity contribution < 1.29 is 15.0 Å². The zero-order valence-electron chi connectivity index (χ0n) is 10.9. The van der Waals surface area contributed by atoms with Crippen LogP contribution in [0.1, 0.15) is 21.5 Å². The van der Waals surface area contributed by atoms with Crippen LogP contribution in [-0.4, -0.2) is 22.3 Å². The molecule has 0 aliphatic rings. The number of hydrogen-bond acceptors (Lipinski definition) is 4. The number of rotatable bonds is 3. The molecule has 1 amide bonds. The quantitative estimate of drug-likeness (QED) is 0.590. The molecule has 0 atom stereocenters. The van der Waals surface area contributed by atoms with E-state index in [4.69, 9.17) is 0 Å². The van der Waals surface area contributed by atoms with Crippen molar-refractivity contribution in [1.29, 1.82) is 0 Å². The molecule has 102 valence electrons. The number of para-hydroxylation sites is 1. The second kappa shape index (κ2) is 5.88. The summed E-state index contributed by atoms with van der Waals surface area (Å²) in [6.45, 7) is 1.89. The number of carbonyl (C=O) groups excluding carboxylic acids is 1. The van der Waals surface area contributed by atoms with Gasteiger partial charge in [-0.3, -0.25) is 4.79 Å². The first-order chi connectivity index (χ1) is 9.58. The van der Waals surface area contributed by atoms with Crippen molar-refractivity contribution in [3.8, 4) is 11.5 Å². The summed E-state index contributed by atoms with van der Waals surface area (Å²) >= 11 is 0. The molecule has 0 radical (unpaired) electrons. The Morgan fingerprint density at radius 2 is 1.90 bits per heavy atom. The topological polar surface area (TPSA) is 81.9 Å². The lowest BCUT2D eigenvalue weighted by atomic mass is 10.1. The minimum Gasteiger partial charge on any atom is -0.507 e. The van der Waals surface area contributed by atoms with E-state index in [1.54, 1.807) is 30.3 Å². The van der Waals surface area contributed by atoms with Gasteiger partial charge in [0.2, 0.25) is 0 Å². The summed E-state index contributed by atoms with van der Waals surface area (Å²) in [6, 6.07) is 11.3. The Balaban J connectivity index is 2.09. The molecule has 2 aromatic rings. The molecule has 0 unspecified atom stereocenters. The van der Waals surface area contributed by atoms with Crippen LogP contribution in [0.2, 0.25) is 0 Å². The smallest absolute Gasteiger partial charge is 0.275 e. The zero-order chi connectivity index (χ0) is 14.5. The maximum Gasteiger partial charge on any atom is 0.275 e. The number of aryl methyl sites for hydroxylation is 1. The molecule has 0 aromatic heterocycles. The van der Waals surface area contributed by atoms with Gasteiger partial charge in [0.25, 0.3) is 5.91 Å². The first-order valence-electron chi connectivity index (χ1n) is 5.99. The number of phenolic OH excluding ortho intramolecular Hbond substituents is 2. The van der Waals surface area contributed by atoms with Crippen LogP contribution in [0.4, 0.5) is 0 Å². The molecule has 0 spiro atoms. The van der Waals surface area contributed by atoms with Gasteiger partial charge in [0.1, 0.15) is 11.5 Å². The maximum atomic E-state index is 11.8. The molecule has 0 saturated heterocycles. The van der Waals surface area contributed by atoms with Gasteiger partial charge >= 0.3 is 0 Å². The maximum absolute atomic E-state index is 11.8. The Morgan fingerprint density at radius 1 is 1.15 bits per heavy atom. The molecule has 2 rings (SSSR count). The lowest BCUT2D eigenvalue weighted by Crippen LogP contribution is -2.17. The molecule has 5 nitrogen and oxygen atoms in total. The number of hydrogen-bond donors (Lipinski definition) is 3. The highest BCUT2D eigenvalue weighted by Crippen LogP contribution is 2.16. The highest BCUT2D eigenvalue weighted by atomic mass is 16.3. The molecule has 0 heterocycles. The summed E-state index contributed by atoms with van der Waals surface area (Å²) in [5.41, 5.74) is 3.90. The average molecular weight is 270 g/mol. The fourth-order valence-electron chi connectivity index (χ4n) is 1.66. The van der Waals surface area contributed by atoms with E-state index >= 15 is 0 Å². The van der Waals surface area contributed by atoms with Crippen LogP contribution in [0.25, 0.3) is 0 Å². The lowest BCUT2D eigenvalue weighted by molar-refractivity contribution is 0.0952. The number of hydrazone groups is 1. The number of aromatic hydroxyl groups is 2. The van der Waals surface area contributed by atoms with Crippen molar-refractivity contribution >= 4 is 12.1 Å². The first-order valence-corrected chi connectivity index (χ1v) is 5.99. The summed E-state index contributed by atoms with van der Waals surface area (Å²) in [7, 11) is 0. The van der Waals surface area contributed by atoms with Gasteiger partial charge in [0, 0.05) is 5.56 Å². The van der Waals surface area contributed by atoms with E-state index in [1.165, 1.54) is 18.3 Å². The standard InChI is InChI=1S/C15H14N2O3/c1-10-6-7-13(18)11(8-10)9-16-17-15(20)12-4-2-3-5-14(12)19/h2-9,18-19H,1H3,(H,17,20)/b16-9-. The zero-order valence-corrected chi connectivity index (χ0v) is 10.9. The van der Waals surface area contributed by atoms with Gasteiger partial charge in [0.05, 0.1) is 11.8 Å². The minimum atomic E-state index is -0.522. The average Bonchev–Trinajstić information content (AvgIpc) is 2.43. The third kappa shape index (κ3) is 3.14. The second-order valence-electron chi connectivity index (χ2n) is 4.28. The molecule has 0 aliphatic heterocycles. The van der Waals surface area contributed by atoms with Crippen LogP contribution in [-0.2, 0) is 0 Å². The predicted octanol–water partition coefficient (Wildman–Crippen LogP) is 2.17. The summed E-state index contributed by atoms with van der Waals surface area (Å²) in [5.74, 6) is -0.554. The van der Waals surface area contributed by atoms with Gasteiger partial charge in [-0.25, -0.2) is 5.43 Å². The molecule has 0 bridgehead atoms. The van der Waals surface area contributed by atoms with Crippen molar-refractivity contribution in [2.45, 2.75) is 6.92 Å². The minimum absolute atomic E-state index is 0.0798. The number of amides is 1. The first kappa shape index (κ1) is 13.6. The summed E-state index contributed by atoms with van der Waals surface area (Å²) < 4.78 is 0. The van der Waals surface area contributed by atoms with Gasteiger partial charge in [-0.1, -0.05) is 23.8 Å². The number of carbonyl (C=O) groups is 1. The predicted molar refractivity (Wildman–Crippen MR) is 76.0 cm³/mol. The number of nitrogens with zero attached hydrogens (tertiary/aromatic N) is 1. The van der Waals surface area contributed by atoms with Gasteiger partial charge in [-0.2, -0.15) is 5.10 Å². The molecule has 20 heavy (non-hydrogen) atoms. The van der Waals surface area contributed by atoms with Crippen molar-refractivity contribution in [2.24, 2.45) is 5.10 Å². The van der Waals surface area contributed by atoms with E-state index in [1.807, 2.05) is 6.92 Å². The van der Waals surface area contributed by atoms with Crippen LogP contribution >= 0.6 is 0 Å². The van der Waals surface area contributed by atoms with E-state index in [9.17, 15) is 15.0 Å². The van der Waals surface area contributed by atoms with Crippen LogP contribution in [0, 0.1) is 6.92 Å². The second-order valence-corrected chi connectivity index (χ2v) is 4.28. The fraction of sp³-hybridized carbons (Fsp3) is 0.0667. The molecular weight excluding hydrogens is 256 g/mol. The summed E-state index contributed by atoms with van der Waals surface area (Å²) in [4.78, 5) is 11.8. The Bertz CT molecular complexity index is 666. The lowest BCUT2D eigenvalue weighted by Gasteiger charge is -2.03. The van der Waals surface area contributed by atoms with Gasteiger partial charge in [0.15, 0.2) is 0 Å². The van der Waals surface area contributed by atoms with Crippen LogP contribution in [0.3, 0.4) is 0 Å². The molecular formula is C15H14N2O3. The largest absolute Gasteiger partial charge is 0.507 e. The van der Waals surface area contributed by atoms with Crippen molar-refractivity contribution in [1.82, 2.24) is 5.43 Å². The van der Waals surface area contributed by atoms with E-state index in [-0.39, 0.29) is 17.1 Å². The SMILES string of the molecule is Cc1ccc(O)c(/C=N\NC(=O)c2ccccc2O)c1. The Labute approximate surface area is 116 Å². The Hall–Kier alpha value is -2.82. The van der Waals surface area contributed by atoms with E-state index in [0.717, 1.165) is 5.56 Å². The van der Waals surface area contributed by atoms with Crippen molar-refractivity contribution in [3.63, 3.8) is 0 Å². The van der Waals surface area contributed by atoms with Crippen LogP contribution < -0.4 is 5.43 Å². The number of nitrogens with one attached hydrogen (secondary N) is 1. The van der Waals surface area contributed by atoms with Crippen molar-refractivity contribution in [3.05, 3.63) is 59.2 Å². The third-order valence-corrected chi connectivity index (χ3v) is 2.70. The molecule has 3 N–H and O–H groups in total. The van der Waals surface area contributed by atoms with Gasteiger partial charge in [-0.05, 0) is 31.2 Å². The number of phenols is 2. The van der Waals surface area contributed by atoms with Crippen LogP contribution in [0.5, 0.6) is 11.5 Å². The van der Waals surface area contributed by atoms with E-state index in [2.05, 4.69) is 10.5 Å². The molecule has 2 aromatic carbocycles. The Morgan fingerprint density at radius 3 is 2.65 bits per heavy atom. The molecule has 0 aliphatic carbocycles. The molecule has 0 saturated carbocycles. The van der Waals surface area contributed by atoms with Crippen molar-refractivity contribution in [2.75, 3.05) is 0 Å². The van der Waals surface area contributed by atoms with E-state index < -0.39 is 5.91 Å². The van der Waals surface area contributed by atoms with E-state index in [0.29, 0.717) is 5.56 Å². The van der Waals surface area contributed by atoms with Gasteiger partial charge < -0.3 is 10.2 Å². The molecule has 0 fully saturated rings. The highest BCUT2D eigenvalue weighted by Gasteiger charge is 2.08. The number of benzene rings is 2. The Kier molecular flexibility index (Phi) is 4.00. The summed E-state index contributed by atoms with van der Waals surface area (Å²) in [6.07, 6.45) is 1.35. The summed E-state index contributed by atoms with van der Waals surface area (Å²) in [5, 5.41) is 22.9. The monoisotopic (exact) mass is 270 g/mol. The van der Waals surface area contributed by atoms with Crippen LogP contribution in [0.15, 0.2) is 47.6 Å². The highest BCUT2D eigenvalue weighted by molar-refractivity contribution is 5.97. The molecule has 5 heteroatoms. The van der Waals surface area contributed by atoms with Gasteiger partial charge in [-0.15, -0.1) is 0 Å². The fourth-order valence-corrected chi connectivity index (χ4v) is 1.66. The third-order valence-electron chi connectivity index (χ3n) is 2.70. The normalized spacial score (nSPS) is 10.7.